The number of halogens is 1. The van der Waals surface area contributed by atoms with Crippen LogP contribution >= 0.6 is 11.6 Å². The van der Waals surface area contributed by atoms with Gasteiger partial charge in [-0.25, -0.2) is 13.8 Å². The lowest BCUT2D eigenvalue weighted by Gasteiger charge is -2.10. The minimum absolute atomic E-state index is 0.0936. The lowest BCUT2D eigenvalue weighted by Crippen LogP contribution is -2.19. The van der Waals surface area contributed by atoms with E-state index in [0.29, 0.717) is 23.7 Å². The quantitative estimate of drug-likeness (QED) is 0.243. The van der Waals surface area contributed by atoms with E-state index in [4.69, 9.17) is 21.1 Å². The smallest absolute Gasteiger partial charge is 0.271 e. The average Bonchev–Trinajstić information content (AvgIpc) is 2.84. The molecule has 0 aliphatic heterocycles. The van der Waals surface area contributed by atoms with Crippen LogP contribution in [0, 0.1) is 0 Å². The molecule has 0 spiro atoms. The summed E-state index contributed by atoms with van der Waals surface area (Å²) in [5.74, 6) is 0.469. The molecule has 1 amide bonds. The van der Waals surface area contributed by atoms with Gasteiger partial charge < -0.3 is 9.47 Å². The summed E-state index contributed by atoms with van der Waals surface area (Å²) in [5, 5.41) is 4.19. The summed E-state index contributed by atoms with van der Waals surface area (Å²) in [6.45, 7) is 3.94. The predicted octanol–water partition coefficient (Wildman–Crippen LogP) is 4.48. The van der Waals surface area contributed by atoms with Gasteiger partial charge in [0, 0.05) is 5.56 Å². The molecule has 0 saturated carbocycles. The van der Waals surface area contributed by atoms with Crippen LogP contribution < -0.4 is 19.6 Å². The summed E-state index contributed by atoms with van der Waals surface area (Å²) in [6, 6.07) is 17.2. The summed E-state index contributed by atoms with van der Waals surface area (Å²) in [5.41, 5.74) is 3.39. The topological polar surface area (TPSA) is 106 Å². The highest BCUT2D eigenvalue weighted by Gasteiger charge is 2.17. The Balaban J connectivity index is 1.70. The van der Waals surface area contributed by atoms with E-state index in [9.17, 15) is 13.2 Å². The Morgan fingerprint density at radius 3 is 2.62 bits per heavy atom. The molecule has 2 N–H and O–H groups in total. The molecule has 0 bridgehead atoms. The highest BCUT2D eigenvalue weighted by Crippen LogP contribution is 2.27. The normalized spacial score (nSPS) is 11.1. The highest BCUT2D eigenvalue weighted by molar-refractivity contribution is 7.92. The molecule has 0 heterocycles. The summed E-state index contributed by atoms with van der Waals surface area (Å²) in [6.07, 6.45) is 3.05. The van der Waals surface area contributed by atoms with Gasteiger partial charge in [0.25, 0.3) is 15.9 Å². The number of rotatable bonds is 10. The van der Waals surface area contributed by atoms with E-state index in [1.165, 1.54) is 43.7 Å². The van der Waals surface area contributed by atoms with Crippen molar-refractivity contribution in [2.75, 3.05) is 18.4 Å². The van der Waals surface area contributed by atoms with Gasteiger partial charge >= 0.3 is 0 Å². The van der Waals surface area contributed by atoms with Crippen molar-refractivity contribution in [2.24, 2.45) is 5.10 Å². The Hall–Kier alpha value is -3.82. The van der Waals surface area contributed by atoms with E-state index in [-0.39, 0.29) is 21.2 Å². The lowest BCUT2D eigenvalue weighted by molar-refractivity contribution is 0.0955. The number of carbonyl (C=O) groups excluding carboxylic acids is 1. The van der Waals surface area contributed by atoms with E-state index < -0.39 is 15.9 Å². The molecule has 3 aromatic rings. The highest BCUT2D eigenvalue weighted by atomic mass is 35.5. The lowest BCUT2D eigenvalue weighted by atomic mass is 10.2. The van der Waals surface area contributed by atoms with Gasteiger partial charge in [-0.05, 0) is 54.1 Å². The van der Waals surface area contributed by atoms with Gasteiger partial charge in [-0.15, -0.1) is 0 Å². The van der Waals surface area contributed by atoms with Crippen LogP contribution in [0.4, 0.5) is 5.69 Å². The molecule has 0 aliphatic rings. The van der Waals surface area contributed by atoms with Gasteiger partial charge in [-0.1, -0.05) is 42.5 Å². The third kappa shape index (κ3) is 6.37. The first-order valence-electron chi connectivity index (χ1n) is 9.96. The number of hydrazone groups is 1. The van der Waals surface area contributed by atoms with Crippen molar-refractivity contribution in [3.63, 3.8) is 0 Å². The number of anilines is 1. The van der Waals surface area contributed by atoms with Crippen molar-refractivity contribution in [1.82, 2.24) is 5.43 Å². The molecule has 3 rings (SSSR count). The van der Waals surface area contributed by atoms with Gasteiger partial charge in [-0.3, -0.25) is 9.52 Å². The molecule has 8 nitrogen and oxygen atoms in total. The van der Waals surface area contributed by atoms with Crippen molar-refractivity contribution >= 4 is 39.4 Å². The molecular weight excluding hydrogens is 478 g/mol. The zero-order valence-electron chi connectivity index (χ0n) is 18.2. The molecule has 0 fully saturated rings. The molecule has 0 unspecified atom stereocenters. The first-order valence-corrected chi connectivity index (χ1v) is 11.8. The maximum Gasteiger partial charge on any atom is 0.271 e. The SMILES string of the molecule is C=CCOc1ccc(/C=N/NC(=O)c2cccc(S(=O)(=O)Nc3ccccc3Cl)c2)cc1OC. The molecular formula is C24H22ClN3O5S. The van der Waals surface area contributed by atoms with Crippen LogP contribution in [0.15, 0.2) is 89.4 Å². The summed E-state index contributed by atoms with van der Waals surface area (Å²) in [4.78, 5) is 12.4. The number of benzene rings is 3. The maximum atomic E-state index is 12.7. The number of para-hydroxylation sites is 1. The summed E-state index contributed by atoms with van der Waals surface area (Å²) >= 11 is 6.03. The van der Waals surface area contributed by atoms with Crippen molar-refractivity contribution in [2.45, 2.75) is 4.90 Å². The zero-order valence-corrected chi connectivity index (χ0v) is 19.8. The van der Waals surface area contributed by atoms with Crippen LogP contribution in [0.1, 0.15) is 15.9 Å². The second-order valence-corrected chi connectivity index (χ2v) is 8.91. The summed E-state index contributed by atoms with van der Waals surface area (Å²) < 4.78 is 38.7. The van der Waals surface area contributed by atoms with E-state index in [0.717, 1.165) is 0 Å². The Kier molecular flexibility index (Phi) is 8.29. The van der Waals surface area contributed by atoms with Gasteiger partial charge in [-0.2, -0.15) is 5.10 Å². The number of nitrogens with one attached hydrogen (secondary N) is 2. The third-order valence-corrected chi connectivity index (χ3v) is 6.14. The van der Waals surface area contributed by atoms with Gasteiger partial charge in [0.2, 0.25) is 0 Å². The Morgan fingerprint density at radius 1 is 1.09 bits per heavy atom. The first kappa shape index (κ1) is 24.8. The number of carbonyl (C=O) groups is 1. The number of amides is 1. The maximum absolute atomic E-state index is 12.7. The fraction of sp³-hybridized carbons (Fsp3) is 0.0833. The van der Waals surface area contributed by atoms with E-state index in [1.54, 1.807) is 42.5 Å². The molecule has 0 aliphatic carbocycles. The average molecular weight is 500 g/mol. The molecule has 34 heavy (non-hydrogen) atoms. The Morgan fingerprint density at radius 2 is 1.88 bits per heavy atom. The predicted molar refractivity (Wildman–Crippen MR) is 132 cm³/mol. The third-order valence-electron chi connectivity index (χ3n) is 4.45. The number of hydrogen-bond acceptors (Lipinski definition) is 6. The molecule has 0 radical (unpaired) electrons. The van der Waals surface area contributed by atoms with Crippen molar-refractivity contribution in [3.8, 4) is 11.5 Å². The largest absolute Gasteiger partial charge is 0.493 e. The molecule has 0 aromatic heterocycles. The number of nitrogens with zero attached hydrogens (tertiary/aromatic N) is 1. The number of methoxy groups -OCH3 is 1. The molecule has 0 atom stereocenters. The van der Waals surface area contributed by atoms with Crippen LogP contribution in [0.2, 0.25) is 5.02 Å². The van der Waals surface area contributed by atoms with Crippen LogP contribution in [-0.4, -0.2) is 34.3 Å². The van der Waals surface area contributed by atoms with Gasteiger partial charge in [0.15, 0.2) is 11.5 Å². The summed E-state index contributed by atoms with van der Waals surface area (Å²) in [7, 11) is -2.44. The Bertz CT molecular complexity index is 1330. The van der Waals surface area contributed by atoms with E-state index in [2.05, 4.69) is 21.8 Å². The van der Waals surface area contributed by atoms with Crippen molar-refractivity contribution in [3.05, 3.63) is 95.5 Å². The standard InChI is InChI=1S/C24H22ClN3O5S/c1-3-13-33-22-12-11-17(14-23(22)32-2)16-26-27-24(29)18-7-6-8-19(15-18)34(30,31)28-21-10-5-4-9-20(21)25/h3-12,14-16,28H,1,13H2,2H3,(H,27,29)/b26-16+. The Labute approximate surface area is 202 Å². The van der Waals surface area contributed by atoms with Crippen LogP contribution in [0.5, 0.6) is 11.5 Å². The van der Waals surface area contributed by atoms with E-state index in [1.807, 2.05) is 0 Å². The minimum atomic E-state index is -3.96. The number of hydrogen-bond donors (Lipinski definition) is 2. The monoisotopic (exact) mass is 499 g/mol. The van der Waals surface area contributed by atoms with Crippen molar-refractivity contribution < 1.29 is 22.7 Å². The first-order chi connectivity index (χ1) is 16.3. The molecule has 3 aromatic carbocycles. The molecule has 10 heteroatoms. The van der Waals surface area contributed by atoms with Crippen LogP contribution in [0.25, 0.3) is 0 Å². The van der Waals surface area contributed by atoms with Crippen LogP contribution in [0.3, 0.4) is 0 Å². The second-order valence-electron chi connectivity index (χ2n) is 6.82. The minimum Gasteiger partial charge on any atom is -0.493 e. The fourth-order valence-corrected chi connectivity index (χ4v) is 4.18. The van der Waals surface area contributed by atoms with Gasteiger partial charge in [0.05, 0.1) is 28.9 Å². The zero-order chi connectivity index (χ0) is 24.6. The number of sulfonamides is 1. The molecule has 176 valence electrons. The number of ether oxygens (including phenoxy) is 2. The second kappa shape index (κ2) is 11.4. The van der Waals surface area contributed by atoms with Gasteiger partial charge in [0.1, 0.15) is 6.61 Å². The fourth-order valence-electron chi connectivity index (χ4n) is 2.81. The van der Waals surface area contributed by atoms with Crippen LogP contribution in [-0.2, 0) is 10.0 Å². The van der Waals surface area contributed by atoms with Crippen molar-refractivity contribution in [1.29, 1.82) is 0 Å². The molecule has 0 saturated heterocycles. The van der Waals surface area contributed by atoms with E-state index >= 15 is 0 Å².